The molecule has 0 aromatic heterocycles. The number of hydrogen-bond acceptors (Lipinski definition) is 6. The van der Waals surface area contributed by atoms with E-state index in [2.05, 4.69) is 10.0 Å². The molecule has 0 bridgehead atoms. The number of nitrogens with one attached hydrogen (secondary N) is 2. The summed E-state index contributed by atoms with van der Waals surface area (Å²) >= 11 is 0. The zero-order valence-corrected chi connectivity index (χ0v) is 16.1. The number of sulfonamides is 1. The predicted molar refractivity (Wildman–Crippen MR) is 102 cm³/mol. The molecule has 27 heavy (non-hydrogen) atoms. The summed E-state index contributed by atoms with van der Waals surface area (Å²) in [7, 11) is -3.56. The van der Waals surface area contributed by atoms with Gasteiger partial charge in [-0.25, -0.2) is 13.1 Å². The summed E-state index contributed by atoms with van der Waals surface area (Å²) in [6.45, 7) is 5.04. The van der Waals surface area contributed by atoms with Crippen molar-refractivity contribution in [3.05, 3.63) is 63.7 Å². The molecule has 0 heterocycles. The maximum Gasteiger partial charge on any atom is 0.270 e. The van der Waals surface area contributed by atoms with E-state index < -0.39 is 14.9 Å². The van der Waals surface area contributed by atoms with E-state index in [1.807, 2.05) is 13.8 Å². The molecule has 2 rings (SSSR count). The second kappa shape index (κ2) is 9.45. The molecule has 2 aromatic carbocycles. The number of nitro groups is 1. The molecule has 0 aliphatic rings. The van der Waals surface area contributed by atoms with Crippen LogP contribution in [0, 0.1) is 17.0 Å². The molecule has 0 unspecified atom stereocenters. The van der Waals surface area contributed by atoms with Gasteiger partial charge in [-0.15, -0.1) is 0 Å². The molecule has 0 saturated carbocycles. The highest BCUT2D eigenvalue weighted by atomic mass is 32.2. The van der Waals surface area contributed by atoms with Crippen LogP contribution in [0.3, 0.4) is 0 Å². The Morgan fingerprint density at radius 1 is 1.11 bits per heavy atom. The van der Waals surface area contributed by atoms with Crippen LogP contribution in [-0.2, 0) is 16.6 Å². The van der Waals surface area contributed by atoms with Gasteiger partial charge in [-0.3, -0.25) is 10.1 Å². The van der Waals surface area contributed by atoms with Gasteiger partial charge in [0.2, 0.25) is 10.0 Å². The number of ether oxygens (including phenoxy) is 1. The summed E-state index contributed by atoms with van der Waals surface area (Å²) in [4.78, 5) is 10.7. The molecule has 2 N–H and O–H groups in total. The van der Waals surface area contributed by atoms with Crippen LogP contribution < -0.4 is 14.8 Å². The monoisotopic (exact) mass is 393 g/mol. The molecule has 0 radical (unpaired) electrons. The third kappa shape index (κ3) is 6.02. The van der Waals surface area contributed by atoms with Crippen LogP contribution in [0.1, 0.15) is 18.1 Å². The van der Waals surface area contributed by atoms with E-state index in [-0.39, 0.29) is 17.1 Å². The summed E-state index contributed by atoms with van der Waals surface area (Å²) in [5.41, 5.74) is 1.61. The van der Waals surface area contributed by atoms with E-state index in [0.717, 1.165) is 5.56 Å². The van der Waals surface area contributed by atoms with E-state index in [0.29, 0.717) is 31.0 Å². The lowest BCUT2D eigenvalue weighted by Gasteiger charge is -2.11. The van der Waals surface area contributed by atoms with Gasteiger partial charge < -0.3 is 10.1 Å². The molecule has 8 nitrogen and oxygen atoms in total. The number of non-ortho nitro benzene ring substituents is 1. The molecule has 0 fully saturated rings. The van der Waals surface area contributed by atoms with Crippen molar-refractivity contribution in [3.8, 4) is 5.75 Å². The number of aryl methyl sites for hydroxylation is 1. The van der Waals surface area contributed by atoms with Crippen molar-refractivity contribution in [2.75, 3.05) is 19.7 Å². The smallest absolute Gasteiger partial charge is 0.270 e. The number of nitro benzene ring substituents is 1. The van der Waals surface area contributed by atoms with Gasteiger partial charge in [0.1, 0.15) is 5.75 Å². The maximum atomic E-state index is 12.2. The zero-order chi connectivity index (χ0) is 19.9. The van der Waals surface area contributed by atoms with Crippen LogP contribution in [0.25, 0.3) is 0 Å². The number of nitrogens with zero attached hydrogens (tertiary/aromatic N) is 1. The van der Waals surface area contributed by atoms with Gasteiger partial charge in [0.15, 0.2) is 0 Å². The summed E-state index contributed by atoms with van der Waals surface area (Å²) in [5, 5.41) is 14.0. The van der Waals surface area contributed by atoms with E-state index >= 15 is 0 Å². The lowest BCUT2D eigenvalue weighted by molar-refractivity contribution is -0.384. The third-order valence-corrected chi connectivity index (χ3v) is 5.27. The Morgan fingerprint density at radius 2 is 1.81 bits per heavy atom. The molecule has 9 heteroatoms. The van der Waals surface area contributed by atoms with Crippen LogP contribution >= 0.6 is 0 Å². The van der Waals surface area contributed by atoms with Gasteiger partial charge in [0.25, 0.3) is 5.69 Å². The van der Waals surface area contributed by atoms with Crippen molar-refractivity contribution in [3.63, 3.8) is 0 Å². The Balaban J connectivity index is 1.90. The van der Waals surface area contributed by atoms with Gasteiger partial charge in [-0.1, -0.05) is 17.7 Å². The number of rotatable bonds is 10. The summed E-state index contributed by atoms with van der Waals surface area (Å²) in [6, 6.07) is 11.0. The first-order chi connectivity index (χ1) is 12.8. The van der Waals surface area contributed by atoms with Crippen LogP contribution in [0.2, 0.25) is 0 Å². The first-order valence-corrected chi connectivity index (χ1v) is 9.99. The third-order valence-electron chi connectivity index (χ3n) is 3.80. The maximum absolute atomic E-state index is 12.2. The average molecular weight is 393 g/mol. The van der Waals surface area contributed by atoms with Crippen LogP contribution in [-0.4, -0.2) is 33.0 Å². The Hall–Kier alpha value is -2.49. The average Bonchev–Trinajstić information content (AvgIpc) is 2.63. The molecular formula is C18H23N3O5S. The van der Waals surface area contributed by atoms with E-state index in [9.17, 15) is 18.5 Å². The summed E-state index contributed by atoms with van der Waals surface area (Å²) in [5.74, 6) is 0.566. The minimum atomic E-state index is -3.56. The first-order valence-electron chi connectivity index (χ1n) is 8.50. The van der Waals surface area contributed by atoms with Gasteiger partial charge >= 0.3 is 0 Å². The first kappa shape index (κ1) is 20.8. The van der Waals surface area contributed by atoms with E-state index in [1.165, 1.54) is 12.1 Å². The van der Waals surface area contributed by atoms with Crippen molar-refractivity contribution in [1.29, 1.82) is 0 Å². The van der Waals surface area contributed by atoms with Gasteiger partial charge in [0, 0.05) is 37.3 Å². The van der Waals surface area contributed by atoms with Crippen molar-refractivity contribution >= 4 is 15.7 Å². The van der Waals surface area contributed by atoms with Crippen LogP contribution in [0.5, 0.6) is 5.75 Å². The summed E-state index contributed by atoms with van der Waals surface area (Å²) < 4.78 is 32.4. The highest BCUT2D eigenvalue weighted by molar-refractivity contribution is 7.89. The molecule has 146 valence electrons. The fourth-order valence-corrected chi connectivity index (χ4v) is 3.44. The number of benzene rings is 2. The van der Waals surface area contributed by atoms with Crippen molar-refractivity contribution in [2.24, 2.45) is 0 Å². The molecule has 2 aromatic rings. The highest BCUT2D eigenvalue weighted by Crippen LogP contribution is 2.24. The molecule has 0 spiro atoms. The van der Waals surface area contributed by atoms with Crippen molar-refractivity contribution in [1.82, 2.24) is 10.0 Å². The molecule has 0 aliphatic heterocycles. The van der Waals surface area contributed by atoms with Gasteiger partial charge in [-0.2, -0.15) is 0 Å². The van der Waals surface area contributed by atoms with E-state index in [4.69, 9.17) is 4.74 Å². The molecular weight excluding hydrogens is 370 g/mol. The molecule has 0 atom stereocenters. The Morgan fingerprint density at radius 3 is 2.44 bits per heavy atom. The SMILES string of the molecule is CCOc1ccc([N+](=O)[O-])cc1CNCCNS(=O)(=O)c1ccc(C)cc1. The Kier molecular flexibility index (Phi) is 7.28. The molecule has 0 amide bonds. The van der Waals surface area contributed by atoms with Crippen molar-refractivity contribution < 1.29 is 18.1 Å². The molecule has 0 saturated heterocycles. The minimum Gasteiger partial charge on any atom is -0.494 e. The van der Waals surface area contributed by atoms with Gasteiger partial charge in [-0.05, 0) is 32.0 Å². The second-order valence-electron chi connectivity index (χ2n) is 5.87. The topological polar surface area (TPSA) is 111 Å². The Labute approximate surface area is 158 Å². The minimum absolute atomic E-state index is 0.0182. The molecule has 0 aliphatic carbocycles. The second-order valence-corrected chi connectivity index (χ2v) is 7.64. The fraction of sp³-hybridized carbons (Fsp3) is 0.333. The van der Waals surface area contributed by atoms with Crippen molar-refractivity contribution in [2.45, 2.75) is 25.3 Å². The van der Waals surface area contributed by atoms with Gasteiger partial charge in [0.05, 0.1) is 16.4 Å². The Bertz CT molecular complexity index is 882. The predicted octanol–water partition coefficient (Wildman–Crippen LogP) is 2.37. The van der Waals surface area contributed by atoms with Crippen LogP contribution in [0.4, 0.5) is 5.69 Å². The van der Waals surface area contributed by atoms with Crippen LogP contribution in [0.15, 0.2) is 47.4 Å². The lowest BCUT2D eigenvalue weighted by Crippen LogP contribution is -2.31. The number of hydrogen-bond donors (Lipinski definition) is 2. The fourth-order valence-electron chi connectivity index (χ4n) is 2.41. The largest absolute Gasteiger partial charge is 0.494 e. The van der Waals surface area contributed by atoms with E-state index in [1.54, 1.807) is 30.3 Å². The lowest BCUT2D eigenvalue weighted by atomic mass is 10.1. The standard InChI is InChI=1S/C18H23N3O5S/c1-3-26-18-9-6-16(21(22)23)12-15(18)13-19-10-11-20-27(24,25)17-7-4-14(2)5-8-17/h4-9,12,19-20H,3,10-11,13H2,1-2H3. The zero-order valence-electron chi connectivity index (χ0n) is 15.3. The normalized spacial score (nSPS) is 11.3. The highest BCUT2D eigenvalue weighted by Gasteiger charge is 2.13. The quantitative estimate of drug-likeness (QED) is 0.364. The summed E-state index contributed by atoms with van der Waals surface area (Å²) in [6.07, 6.45) is 0.